The number of hydrogen-bond acceptors (Lipinski definition) is 2. The Balaban J connectivity index is 1.11. The van der Waals surface area contributed by atoms with Crippen LogP contribution in [0, 0.1) is 0 Å². The third-order valence-electron chi connectivity index (χ3n) is 7.58. The number of rotatable bonds is 7. The number of carbonyl (C=O) groups excluding carboxylic acids is 2. The number of fused-ring (bicyclic) bond motifs is 2. The van der Waals surface area contributed by atoms with Crippen LogP contribution in [-0.2, 0) is 13.1 Å². The number of nitrogens with one attached hydrogen (secondary N) is 2. The summed E-state index contributed by atoms with van der Waals surface area (Å²) < 4.78 is 4.34. The van der Waals surface area contributed by atoms with Crippen LogP contribution in [0.2, 0.25) is 0 Å². The van der Waals surface area contributed by atoms with Gasteiger partial charge in [-0.1, -0.05) is 24.3 Å². The Hall–Kier alpha value is -5.36. The van der Waals surface area contributed by atoms with Crippen molar-refractivity contribution in [1.82, 2.24) is 0 Å². The summed E-state index contributed by atoms with van der Waals surface area (Å²) in [6, 6.07) is 35.0. The minimum absolute atomic E-state index is 0.162. The van der Waals surface area contributed by atoms with E-state index in [2.05, 4.69) is 46.0 Å². The van der Waals surface area contributed by atoms with Crippen molar-refractivity contribution in [3.05, 3.63) is 133 Å². The lowest BCUT2D eigenvalue weighted by atomic mass is 10.0. The van der Waals surface area contributed by atoms with Gasteiger partial charge in [0.2, 0.25) is 11.0 Å². The monoisotopic (exact) mass is 552 g/mol. The Morgan fingerprint density at radius 2 is 0.952 bits per heavy atom. The molecule has 0 unspecified atom stereocenters. The van der Waals surface area contributed by atoms with Gasteiger partial charge < -0.3 is 10.6 Å². The molecular formula is C36H32N4O2+2. The first-order valence-corrected chi connectivity index (χ1v) is 14.2. The zero-order chi connectivity index (χ0) is 29.1. The average Bonchev–Trinajstić information content (AvgIpc) is 3.04. The Morgan fingerprint density at radius 3 is 1.33 bits per heavy atom. The molecule has 206 valence electrons. The van der Waals surface area contributed by atoms with Crippen molar-refractivity contribution in [2.24, 2.45) is 0 Å². The van der Waals surface area contributed by atoms with Crippen molar-refractivity contribution in [1.29, 1.82) is 0 Å². The molecule has 0 atom stereocenters. The summed E-state index contributed by atoms with van der Waals surface area (Å²) in [4.78, 5) is 25.9. The van der Waals surface area contributed by atoms with E-state index in [1.165, 1.54) is 0 Å². The number of aromatic nitrogens is 2. The van der Waals surface area contributed by atoms with Crippen LogP contribution in [0.3, 0.4) is 0 Å². The topological polar surface area (TPSA) is 66.0 Å². The van der Waals surface area contributed by atoms with Crippen molar-refractivity contribution in [2.75, 3.05) is 10.6 Å². The van der Waals surface area contributed by atoms with Crippen LogP contribution < -0.4 is 19.8 Å². The first-order chi connectivity index (χ1) is 20.5. The van der Waals surface area contributed by atoms with Crippen molar-refractivity contribution >= 4 is 45.0 Å². The third kappa shape index (κ3) is 5.47. The van der Waals surface area contributed by atoms with Crippen LogP contribution in [-0.4, -0.2) is 11.8 Å². The molecule has 0 aliphatic heterocycles. The summed E-state index contributed by atoms with van der Waals surface area (Å²) in [5.74, 6) is -0.323. The lowest BCUT2D eigenvalue weighted by Crippen LogP contribution is -2.32. The van der Waals surface area contributed by atoms with E-state index in [1.54, 1.807) is 0 Å². The molecule has 42 heavy (non-hydrogen) atoms. The molecular weight excluding hydrogens is 520 g/mol. The number of aryl methyl sites for hydroxylation is 2. The number of benzene rings is 4. The molecule has 6 aromatic rings. The summed E-state index contributed by atoms with van der Waals surface area (Å²) >= 11 is 0. The van der Waals surface area contributed by atoms with Crippen LogP contribution in [0.25, 0.3) is 32.9 Å². The number of carbonyl (C=O) groups is 2. The van der Waals surface area contributed by atoms with E-state index in [4.69, 9.17) is 0 Å². The van der Waals surface area contributed by atoms with Gasteiger partial charge in [-0.05, 0) is 85.6 Å². The molecule has 4 aromatic carbocycles. The van der Waals surface area contributed by atoms with Crippen LogP contribution >= 0.6 is 0 Å². The van der Waals surface area contributed by atoms with E-state index in [-0.39, 0.29) is 11.8 Å². The summed E-state index contributed by atoms with van der Waals surface area (Å²) in [5.41, 5.74) is 6.85. The highest BCUT2D eigenvalue weighted by atomic mass is 16.2. The van der Waals surface area contributed by atoms with E-state index < -0.39 is 0 Å². The fourth-order valence-electron chi connectivity index (χ4n) is 5.30. The van der Waals surface area contributed by atoms with E-state index in [0.29, 0.717) is 11.1 Å². The second-order valence-corrected chi connectivity index (χ2v) is 10.2. The predicted octanol–water partition coefficient (Wildman–Crippen LogP) is 6.78. The molecule has 6 rings (SSSR count). The molecule has 0 bridgehead atoms. The normalized spacial score (nSPS) is 11.0. The summed E-state index contributed by atoms with van der Waals surface area (Å²) in [7, 11) is 0. The Kier molecular flexibility index (Phi) is 7.43. The van der Waals surface area contributed by atoms with Gasteiger partial charge in [-0.25, -0.2) is 0 Å². The second kappa shape index (κ2) is 11.6. The lowest BCUT2D eigenvalue weighted by Gasteiger charge is -2.09. The van der Waals surface area contributed by atoms with Gasteiger partial charge in [-0.2, -0.15) is 9.13 Å². The molecule has 0 aliphatic rings. The van der Waals surface area contributed by atoms with Crippen LogP contribution in [0.5, 0.6) is 0 Å². The molecule has 0 fully saturated rings. The van der Waals surface area contributed by atoms with Gasteiger partial charge in [0.25, 0.3) is 11.8 Å². The molecule has 0 aliphatic carbocycles. The zero-order valence-corrected chi connectivity index (χ0v) is 23.7. The fourth-order valence-corrected chi connectivity index (χ4v) is 5.30. The molecule has 6 heteroatoms. The van der Waals surface area contributed by atoms with E-state index in [1.807, 2.05) is 109 Å². The number of hydrogen-bond donors (Lipinski definition) is 2. The molecule has 2 heterocycles. The molecule has 2 aromatic heterocycles. The summed E-state index contributed by atoms with van der Waals surface area (Å²) in [6.45, 7) is 5.99. The molecule has 0 spiro atoms. The summed E-state index contributed by atoms with van der Waals surface area (Å²) in [5, 5.41) is 8.17. The van der Waals surface area contributed by atoms with Gasteiger partial charge in [0.05, 0.1) is 0 Å². The van der Waals surface area contributed by atoms with Crippen molar-refractivity contribution in [3.8, 4) is 11.1 Å². The van der Waals surface area contributed by atoms with Crippen molar-refractivity contribution < 1.29 is 18.7 Å². The van der Waals surface area contributed by atoms with Crippen LogP contribution in [0.1, 0.15) is 34.6 Å². The number of pyridine rings is 2. The second-order valence-electron chi connectivity index (χ2n) is 10.2. The predicted molar refractivity (Wildman–Crippen MR) is 167 cm³/mol. The Bertz CT molecular complexity index is 1790. The molecule has 2 amide bonds. The molecule has 0 radical (unpaired) electrons. The minimum atomic E-state index is -0.162. The highest BCUT2D eigenvalue weighted by molar-refractivity contribution is 6.06. The smallest absolute Gasteiger partial charge is 0.255 e. The van der Waals surface area contributed by atoms with Crippen LogP contribution in [0.4, 0.5) is 11.4 Å². The van der Waals surface area contributed by atoms with Crippen LogP contribution in [0.15, 0.2) is 122 Å². The maximum absolute atomic E-state index is 12.9. The van der Waals surface area contributed by atoms with Gasteiger partial charge in [-0.15, -0.1) is 0 Å². The van der Waals surface area contributed by atoms with Crippen molar-refractivity contribution in [2.45, 2.75) is 26.9 Å². The van der Waals surface area contributed by atoms with E-state index in [0.717, 1.165) is 57.4 Å². The highest BCUT2D eigenvalue weighted by Gasteiger charge is 2.12. The fraction of sp³-hybridized carbons (Fsp3) is 0.111. The molecule has 6 nitrogen and oxygen atoms in total. The number of nitrogens with zero attached hydrogens (tertiary/aromatic N) is 2. The zero-order valence-electron chi connectivity index (χ0n) is 23.7. The Labute approximate surface area is 244 Å². The van der Waals surface area contributed by atoms with Gasteiger partial charge in [0.1, 0.15) is 13.1 Å². The largest absolute Gasteiger partial charge is 0.322 e. The molecule has 0 saturated carbocycles. The highest BCUT2D eigenvalue weighted by Crippen LogP contribution is 2.23. The van der Waals surface area contributed by atoms with E-state index in [9.17, 15) is 9.59 Å². The first-order valence-electron chi connectivity index (χ1n) is 14.2. The standard InChI is InChI=1S/C36H30N4O2/c1-3-39-21-5-7-29-23-31(17-19-33(29)39)37-35(41)27-13-9-25(10-14-27)26-11-15-28(16-12-26)36(42)38-32-18-20-34-30(24-32)8-6-22-40(34)4-2/h5-24H,3-4H2,1-2H3/p+2. The Morgan fingerprint density at radius 1 is 0.548 bits per heavy atom. The maximum atomic E-state index is 12.9. The van der Waals surface area contributed by atoms with Crippen molar-refractivity contribution in [3.63, 3.8) is 0 Å². The molecule has 2 N–H and O–H groups in total. The van der Waals surface area contributed by atoms with Gasteiger partial charge in [0.15, 0.2) is 12.4 Å². The molecule has 0 saturated heterocycles. The number of anilines is 2. The SMILES string of the molecule is CC[n+]1cccc2cc(NC(=O)c3ccc(-c4ccc(C(=O)Nc5ccc6c(ccc[n+]6CC)c5)cc4)cc3)ccc21. The maximum Gasteiger partial charge on any atom is 0.255 e. The quantitative estimate of drug-likeness (QED) is 0.215. The minimum Gasteiger partial charge on any atom is -0.322 e. The lowest BCUT2D eigenvalue weighted by molar-refractivity contribution is -0.668. The third-order valence-corrected chi connectivity index (χ3v) is 7.58. The van der Waals surface area contributed by atoms with E-state index >= 15 is 0 Å². The van der Waals surface area contributed by atoms with Gasteiger partial charge in [-0.3, -0.25) is 9.59 Å². The van der Waals surface area contributed by atoms with Gasteiger partial charge in [0, 0.05) is 57.5 Å². The summed E-state index contributed by atoms with van der Waals surface area (Å²) in [6.07, 6.45) is 4.11. The average molecular weight is 553 g/mol. The number of amides is 2. The van der Waals surface area contributed by atoms with Gasteiger partial charge >= 0.3 is 0 Å². The first kappa shape index (κ1) is 26.8.